The molecule has 0 spiro atoms. The Hall–Kier alpha value is -2.20. The summed E-state index contributed by atoms with van der Waals surface area (Å²) in [4.78, 5) is 21.2. The van der Waals surface area contributed by atoms with Gasteiger partial charge in [0.05, 0.1) is 4.92 Å². The van der Waals surface area contributed by atoms with Gasteiger partial charge in [0.2, 0.25) is 0 Å². The first kappa shape index (κ1) is 15.2. The Bertz CT molecular complexity index is 531. The molecule has 2 unspecified atom stereocenters. The summed E-state index contributed by atoms with van der Waals surface area (Å²) in [5, 5.41) is 26.9. The number of hydrogen-bond donors (Lipinski definition) is 4. The van der Waals surface area contributed by atoms with Crippen molar-refractivity contribution in [2.24, 2.45) is 7.05 Å². The fraction of sp³-hybridized carbons (Fsp3) is 0.636. The topological polar surface area (TPSA) is 134 Å². The van der Waals surface area contributed by atoms with Crippen LogP contribution in [0.2, 0.25) is 0 Å². The van der Waals surface area contributed by atoms with Crippen molar-refractivity contribution in [3.05, 3.63) is 22.0 Å². The average molecular weight is 298 g/mol. The summed E-state index contributed by atoms with van der Waals surface area (Å²) in [5.41, 5.74) is 5.42. The highest BCUT2D eigenvalue weighted by atomic mass is 16.6. The number of aryl methyl sites for hydroxylation is 1. The summed E-state index contributed by atoms with van der Waals surface area (Å²) in [5.74, 6) is -0.117. The standard InChI is InChI=1S/C11H18N6O4/c1-16-10(9(6-13-16)17(20)21)7-4-8(2-3-12-5-7)14-15-11(18)19/h6-8,12,14-15H,2-5H2,1H3,(H,18,19). The molecule has 21 heavy (non-hydrogen) atoms. The highest BCUT2D eigenvalue weighted by Crippen LogP contribution is 2.30. The second kappa shape index (κ2) is 6.50. The molecule has 2 heterocycles. The fourth-order valence-corrected chi connectivity index (χ4v) is 2.65. The van der Waals surface area contributed by atoms with Gasteiger partial charge >= 0.3 is 11.8 Å². The van der Waals surface area contributed by atoms with E-state index < -0.39 is 11.0 Å². The maximum atomic E-state index is 11.1. The van der Waals surface area contributed by atoms with Crippen LogP contribution >= 0.6 is 0 Å². The van der Waals surface area contributed by atoms with Crippen molar-refractivity contribution in [3.63, 3.8) is 0 Å². The van der Waals surface area contributed by atoms with Crippen LogP contribution in [0.1, 0.15) is 24.5 Å². The van der Waals surface area contributed by atoms with Crippen LogP contribution in [0.15, 0.2) is 6.20 Å². The Morgan fingerprint density at radius 3 is 3.10 bits per heavy atom. The van der Waals surface area contributed by atoms with Crippen LogP contribution in [0.3, 0.4) is 0 Å². The predicted octanol–water partition coefficient (Wildman–Crippen LogP) is -0.0639. The van der Waals surface area contributed by atoms with Crippen molar-refractivity contribution in [2.75, 3.05) is 13.1 Å². The third kappa shape index (κ3) is 3.67. The van der Waals surface area contributed by atoms with Gasteiger partial charge in [-0.1, -0.05) is 0 Å². The number of aromatic nitrogens is 2. The minimum atomic E-state index is -1.16. The Labute approximate surface area is 120 Å². The molecule has 0 aliphatic carbocycles. The van der Waals surface area contributed by atoms with Gasteiger partial charge in [-0.2, -0.15) is 5.10 Å². The summed E-state index contributed by atoms with van der Waals surface area (Å²) in [6.07, 6.45) is 1.39. The van der Waals surface area contributed by atoms with Crippen LogP contribution < -0.4 is 16.2 Å². The van der Waals surface area contributed by atoms with E-state index in [0.717, 1.165) is 6.42 Å². The molecule has 0 saturated carbocycles. The summed E-state index contributed by atoms with van der Waals surface area (Å²) in [7, 11) is 1.67. The third-order valence-electron chi connectivity index (χ3n) is 3.56. The second-order valence-corrected chi connectivity index (χ2v) is 4.99. The molecule has 0 radical (unpaired) electrons. The van der Waals surface area contributed by atoms with Crippen molar-refractivity contribution in [3.8, 4) is 0 Å². The first-order chi connectivity index (χ1) is 9.99. The molecule has 4 N–H and O–H groups in total. The van der Waals surface area contributed by atoms with Gasteiger partial charge < -0.3 is 10.4 Å². The lowest BCUT2D eigenvalue weighted by molar-refractivity contribution is -0.385. The SMILES string of the molecule is Cn1ncc([N+](=O)[O-])c1C1CNCCC(NNC(=O)O)C1. The molecule has 2 rings (SSSR count). The van der Waals surface area contributed by atoms with Crippen LogP contribution in [0.5, 0.6) is 0 Å². The molecule has 1 fully saturated rings. The number of carbonyl (C=O) groups is 1. The molecule has 10 nitrogen and oxygen atoms in total. The molecule has 1 aromatic rings. The number of nitro groups is 1. The van der Waals surface area contributed by atoms with E-state index in [1.54, 1.807) is 7.05 Å². The maximum absolute atomic E-state index is 11.1. The lowest BCUT2D eigenvalue weighted by Gasteiger charge is -2.20. The van der Waals surface area contributed by atoms with Gasteiger partial charge in [0, 0.05) is 25.6 Å². The first-order valence-electron chi connectivity index (χ1n) is 6.60. The molecule has 0 bridgehead atoms. The summed E-state index contributed by atoms with van der Waals surface area (Å²) < 4.78 is 1.51. The Balaban J connectivity index is 2.16. The molecule has 1 saturated heterocycles. The number of amides is 1. The van der Waals surface area contributed by atoms with Crippen molar-refractivity contribution >= 4 is 11.8 Å². The number of nitrogens with one attached hydrogen (secondary N) is 3. The smallest absolute Gasteiger partial charge is 0.419 e. The van der Waals surface area contributed by atoms with E-state index in [-0.39, 0.29) is 17.6 Å². The summed E-state index contributed by atoms with van der Waals surface area (Å²) in [6.45, 7) is 1.30. The zero-order valence-corrected chi connectivity index (χ0v) is 11.6. The minimum Gasteiger partial charge on any atom is -0.464 e. The molecule has 116 valence electrons. The maximum Gasteiger partial charge on any atom is 0.419 e. The van der Waals surface area contributed by atoms with Crippen LogP contribution in [0.4, 0.5) is 10.5 Å². The van der Waals surface area contributed by atoms with Crippen LogP contribution in [0.25, 0.3) is 0 Å². The number of carboxylic acid groups (broad SMARTS) is 1. The quantitative estimate of drug-likeness (QED) is 0.451. The van der Waals surface area contributed by atoms with Gasteiger partial charge in [0.1, 0.15) is 11.9 Å². The normalized spacial score (nSPS) is 22.5. The van der Waals surface area contributed by atoms with Gasteiger partial charge in [-0.05, 0) is 19.4 Å². The van der Waals surface area contributed by atoms with Crippen molar-refractivity contribution < 1.29 is 14.8 Å². The minimum absolute atomic E-state index is 0.00357. The molecule has 1 aliphatic heterocycles. The lowest BCUT2D eigenvalue weighted by atomic mass is 9.96. The van der Waals surface area contributed by atoms with Crippen LogP contribution in [-0.2, 0) is 7.05 Å². The van der Waals surface area contributed by atoms with Gasteiger partial charge in [0.15, 0.2) is 0 Å². The predicted molar refractivity (Wildman–Crippen MR) is 72.8 cm³/mol. The fourth-order valence-electron chi connectivity index (χ4n) is 2.65. The third-order valence-corrected chi connectivity index (χ3v) is 3.56. The highest BCUT2D eigenvalue weighted by molar-refractivity contribution is 5.63. The highest BCUT2D eigenvalue weighted by Gasteiger charge is 2.30. The molecule has 1 amide bonds. The zero-order chi connectivity index (χ0) is 15.4. The Morgan fingerprint density at radius 2 is 2.43 bits per heavy atom. The van der Waals surface area contributed by atoms with Crippen molar-refractivity contribution in [1.29, 1.82) is 0 Å². The number of nitrogens with zero attached hydrogens (tertiary/aromatic N) is 3. The average Bonchev–Trinajstić information content (AvgIpc) is 2.67. The lowest BCUT2D eigenvalue weighted by Crippen LogP contribution is -2.44. The van der Waals surface area contributed by atoms with Crippen LogP contribution in [-0.4, -0.2) is 45.0 Å². The van der Waals surface area contributed by atoms with E-state index in [2.05, 4.69) is 21.3 Å². The summed E-state index contributed by atoms with van der Waals surface area (Å²) in [6, 6.07) is -0.101. The molecule has 1 aliphatic rings. The zero-order valence-electron chi connectivity index (χ0n) is 11.6. The molecule has 0 aromatic carbocycles. The Kier molecular flexibility index (Phi) is 4.70. The second-order valence-electron chi connectivity index (χ2n) is 4.99. The number of hydrogen-bond acceptors (Lipinski definition) is 6. The van der Waals surface area contributed by atoms with E-state index in [9.17, 15) is 14.9 Å². The molecular formula is C11H18N6O4. The molecule has 1 aromatic heterocycles. The summed E-state index contributed by atoms with van der Waals surface area (Å²) >= 11 is 0. The van der Waals surface area contributed by atoms with Gasteiger partial charge in [-0.15, -0.1) is 0 Å². The Morgan fingerprint density at radius 1 is 1.67 bits per heavy atom. The van der Waals surface area contributed by atoms with E-state index in [4.69, 9.17) is 5.11 Å². The van der Waals surface area contributed by atoms with Gasteiger partial charge in [-0.25, -0.2) is 10.2 Å². The number of rotatable bonds is 4. The van der Waals surface area contributed by atoms with E-state index in [0.29, 0.717) is 25.2 Å². The molecular weight excluding hydrogens is 280 g/mol. The van der Waals surface area contributed by atoms with Crippen molar-refractivity contribution in [1.82, 2.24) is 25.9 Å². The van der Waals surface area contributed by atoms with E-state index >= 15 is 0 Å². The molecule has 2 atom stereocenters. The van der Waals surface area contributed by atoms with Crippen LogP contribution in [0, 0.1) is 10.1 Å². The largest absolute Gasteiger partial charge is 0.464 e. The van der Waals surface area contributed by atoms with E-state index in [1.165, 1.54) is 10.9 Å². The van der Waals surface area contributed by atoms with E-state index in [1.807, 2.05) is 0 Å². The van der Waals surface area contributed by atoms with Gasteiger partial charge in [0.25, 0.3) is 0 Å². The van der Waals surface area contributed by atoms with Crippen molar-refractivity contribution in [2.45, 2.75) is 24.8 Å². The van der Waals surface area contributed by atoms with Gasteiger partial charge in [-0.3, -0.25) is 20.2 Å². The first-order valence-corrected chi connectivity index (χ1v) is 6.60. The number of hydrazine groups is 1. The molecule has 10 heteroatoms. The monoisotopic (exact) mass is 298 g/mol.